The SMILES string of the molecule is COc1nccnc1COC1CCNC1.Cl. The van der Waals surface area contributed by atoms with Crippen LogP contribution in [0.2, 0.25) is 0 Å². The summed E-state index contributed by atoms with van der Waals surface area (Å²) in [6, 6.07) is 0. The maximum atomic E-state index is 5.69. The van der Waals surface area contributed by atoms with E-state index in [9.17, 15) is 0 Å². The fourth-order valence-corrected chi connectivity index (χ4v) is 1.59. The number of rotatable bonds is 4. The standard InChI is InChI=1S/C10H15N3O2.ClH/c1-14-10-9(12-4-5-13-10)7-15-8-2-3-11-6-8;/h4-5,8,11H,2-3,6-7H2,1H3;1H. The molecule has 0 spiro atoms. The van der Waals surface area contributed by atoms with Gasteiger partial charge in [0.25, 0.3) is 0 Å². The molecule has 1 aliphatic rings. The van der Waals surface area contributed by atoms with Gasteiger partial charge in [0.05, 0.1) is 19.8 Å². The molecule has 0 radical (unpaired) electrons. The van der Waals surface area contributed by atoms with Gasteiger partial charge in [-0.3, -0.25) is 4.98 Å². The van der Waals surface area contributed by atoms with E-state index in [-0.39, 0.29) is 18.5 Å². The summed E-state index contributed by atoms with van der Waals surface area (Å²) in [7, 11) is 1.59. The third-order valence-electron chi connectivity index (χ3n) is 2.40. The van der Waals surface area contributed by atoms with Crippen LogP contribution in [0, 0.1) is 0 Å². The number of hydrogen-bond donors (Lipinski definition) is 1. The second-order valence-electron chi connectivity index (χ2n) is 3.44. The second-order valence-corrected chi connectivity index (χ2v) is 3.44. The monoisotopic (exact) mass is 245 g/mol. The summed E-state index contributed by atoms with van der Waals surface area (Å²) < 4.78 is 10.8. The van der Waals surface area contributed by atoms with Crippen molar-refractivity contribution < 1.29 is 9.47 Å². The Labute approximate surface area is 101 Å². The lowest BCUT2D eigenvalue weighted by molar-refractivity contribution is 0.0506. The lowest BCUT2D eigenvalue weighted by Crippen LogP contribution is -2.17. The van der Waals surface area contributed by atoms with Crippen LogP contribution in [0.15, 0.2) is 12.4 Å². The Bertz CT molecular complexity index is 319. The molecule has 0 aliphatic carbocycles. The number of ether oxygens (including phenoxy) is 2. The fourth-order valence-electron chi connectivity index (χ4n) is 1.59. The number of nitrogens with zero attached hydrogens (tertiary/aromatic N) is 2. The van der Waals surface area contributed by atoms with Crippen LogP contribution in [0.3, 0.4) is 0 Å². The van der Waals surface area contributed by atoms with Crippen LogP contribution in [0.1, 0.15) is 12.1 Å². The van der Waals surface area contributed by atoms with E-state index < -0.39 is 0 Å². The highest BCUT2D eigenvalue weighted by molar-refractivity contribution is 5.85. The summed E-state index contributed by atoms with van der Waals surface area (Å²) in [4.78, 5) is 8.24. The van der Waals surface area contributed by atoms with Gasteiger partial charge in [0.2, 0.25) is 5.88 Å². The van der Waals surface area contributed by atoms with Gasteiger partial charge in [-0.25, -0.2) is 4.98 Å². The van der Waals surface area contributed by atoms with Gasteiger partial charge in [0.1, 0.15) is 5.69 Å². The lowest BCUT2D eigenvalue weighted by Gasteiger charge is -2.11. The zero-order chi connectivity index (χ0) is 10.5. The maximum Gasteiger partial charge on any atom is 0.237 e. The average Bonchev–Trinajstić information content (AvgIpc) is 2.79. The molecule has 1 atom stereocenters. The van der Waals surface area contributed by atoms with Crippen LogP contribution in [0.5, 0.6) is 5.88 Å². The highest BCUT2D eigenvalue weighted by Gasteiger charge is 2.16. The first-order chi connectivity index (χ1) is 7.40. The summed E-state index contributed by atoms with van der Waals surface area (Å²) in [6.07, 6.45) is 4.60. The van der Waals surface area contributed by atoms with Gasteiger partial charge in [-0.2, -0.15) is 0 Å². The van der Waals surface area contributed by atoms with Crippen LogP contribution < -0.4 is 10.1 Å². The molecule has 1 aromatic heterocycles. The van der Waals surface area contributed by atoms with E-state index in [1.54, 1.807) is 19.5 Å². The van der Waals surface area contributed by atoms with E-state index in [0.717, 1.165) is 25.2 Å². The first kappa shape index (κ1) is 13.2. The summed E-state index contributed by atoms with van der Waals surface area (Å²) in [5.74, 6) is 0.545. The number of halogens is 1. The molecule has 0 aromatic carbocycles. The van der Waals surface area contributed by atoms with Crippen molar-refractivity contribution in [3.05, 3.63) is 18.1 Å². The third kappa shape index (κ3) is 3.30. The highest BCUT2D eigenvalue weighted by Crippen LogP contribution is 2.14. The molecular formula is C10H16ClN3O2. The Morgan fingerprint density at radius 3 is 2.94 bits per heavy atom. The van der Waals surface area contributed by atoms with E-state index in [1.807, 2.05) is 0 Å². The molecule has 90 valence electrons. The minimum atomic E-state index is 0. The van der Waals surface area contributed by atoms with Crippen LogP contribution in [-0.4, -0.2) is 36.3 Å². The first-order valence-electron chi connectivity index (χ1n) is 5.06. The van der Waals surface area contributed by atoms with Crippen LogP contribution in [0.4, 0.5) is 0 Å². The average molecular weight is 246 g/mol. The van der Waals surface area contributed by atoms with E-state index in [2.05, 4.69) is 15.3 Å². The van der Waals surface area contributed by atoms with Crippen molar-refractivity contribution in [3.8, 4) is 5.88 Å². The van der Waals surface area contributed by atoms with Crippen molar-refractivity contribution >= 4 is 12.4 Å². The van der Waals surface area contributed by atoms with Crippen molar-refractivity contribution in [3.63, 3.8) is 0 Å². The van der Waals surface area contributed by atoms with Gasteiger partial charge in [-0.15, -0.1) is 12.4 Å². The minimum absolute atomic E-state index is 0. The molecule has 16 heavy (non-hydrogen) atoms. The maximum absolute atomic E-state index is 5.69. The Hall–Kier alpha value is -0.910. The molecule has 0 bridgehead atoms. The van der Waals surface area contributed by atoms with E-state index in [0.29, 0.717) is 12.5 Å². The molecule has 0 amide bonds. The van der Waals surface area contributed by atoms with Crippen LogP contribution in [-0.2, 0) is 11.3 Å². The number of aromatic nitrogens is 2. The van der Waals surface area contributed by atoms with Crippen molar-refractivity contribution in [2.75, 3.05) is 20.2 Å². The molecule has 6 heteroatoms. The minimum Gasteiger partial charge on any atom is -0.480 e. The largest absolute Gasteiger partial charge is 0.480 e. The summed E-state index contributed by atoms with van der Waals surface area (Å²) in [5, 5.41) is 3.24. The Kier molecular flexibility index (Phi) is 5.45. The summed E-state index contributed by atoms with van der Waals surface area (Å²) in [5.41, 5.74) is 0.756. The van der Waals surface area contributed by atoms with Gasteiger partial charge < -0.3 is 14.8 Å². The number of hydrogen-bond acceptors (Lipinski definition) is 5. The van der Waals surface area contributed by atoms with E-state index in [4.69, 9.17) is 9.47 Å². The molecule has 2 heterocycles. The second kappa shape index (κ2) is 6.62. The molecule has 1 unspecified atom stereocenters. The van der Waals surface area contributed by atoms with Crippen molar-refractivity contribution in [1.82, 2.24) is 15.3 Å². The number of methoxy groups -OCH3 is 1. The van der Waals surface area contributed by atoms with Crippen molar-refractivity contribution in [1.29, 1.82) is 0 Å². The van der Waals surface area contributed by atoms with Gasteiger partial charge in [0, 0.05) is 18.9 Å². The van der Waals surface area contributed by atoms with Crippen LogP contribution in [0.25, 0.3) is 0 Å². The molecule has 2 rings (SSSR count). The summed E-state index contributed by atoms with van der Waals surface area (Å²) in [6.45, 7) is 2.41. The third-order valence-corrected chi connectivity index (χ3v) is 2.40. The predicted molar refractivity (Wildman–Crippen MR) is 61.9 cm³/mol. The smallest absolute Gasteiger partial charge is 0.237 e. The van der Waals surface area contributed by atoms with Crippen molar-refractivity contribution in [2.24, 2.45) is 0 Å². The van der Waals surface area contributed by atoms with Gasteiger partial charge in [-0.05, 0) is 13.0 Å². The quantitative estimate of drug-likeness (QED) is 0.850. The fraction of sp³-hybridized carbons (Fsp3) is 0.600. The van der Waals surface area contributed by atoms with E-state index in [1.165, 1.54) is 0 Å². The Balaban J connectivity index is 0.00000128. The first-order valence-corrected chi connectivity index (χ1v) is 5.06. The zero-order valence-electron chi connectivity index (χ0n) is 9.18. The normalized spacial score (nSPS) is 19.2. The van der Waals surface area contributed by atoms with Crippen LogP contribution >= 0.6 is 12.4 Å². The van der Waals surface area contributed by atoms with Gasteiger partial charge >= 0.3 is 0 Å². The number of nitrogens with one attached hydrogen (secondary N) is 1. The molecule has 1 fully saturated rings. The molecule has 1 N–H and O–H groups in total. The van der Waals surface area contributed by atoms with Crippen molar-refractivity contribution in [2.45, 2.75) is 19.1 Å². The molecule has 1 aliphatic heterocycles. The lowest BCUT2D eigenvalue weighted by atomic mass is 10.3. The van der Waals surface area contributed by atoms with Gasteiger partial charge in [0.15, 0.2) is 0 Å². The molecule has 1 aromatic rings. The summed E-state index contributed by atoms with van der Waals surface area (Å²) >= 11 is 0. The van der Waals surface area contributed by atoms with E-state index >= 15 is 0 Å². The Morgan fingerprint density at radius 1 is 1.44 bits per heavy atom. The van der Waals surface area contributed by atoms with Gasteiger partial charge in [-0.1, -0.05) is 0 Å². The molecule has 5 nitrogen and oxygen atoms in total. The molecular weight excluding hydrogens is 230 g/mol. The predicted octanol–water partition coefficient (Wildman–Crippen LogP) is 0.785. The molecule has 1 saturated heterocycles. The highest BCUT2D eigenvalue weighted by atomic mass is 35.5. The zero-order valence-corrected chi connectivity index (χ0v) is 10.00. The topological polar surface area (TPSA) is 56.3 Å². The molecule has 0 saturated carbocycles. The Morgan fingerprint density at radius 2 is 2.25 bits per heavy atom.